The highest BCUT2D eigenvalue weighted by Gasteiger charge is 2.27. The van der Waals surface area contributed by atoms with Crippen molar-refractivity contribution in [1.29, 1.82) is 0 Å². The minimum Gasteiger partial charge on any atom is -0.393 e. The molecule has 1 fully saturated rings. The zero-order chi connectivity index (χ0) is 10.4. The average Bonchev–Trinajstić information content (AvgIpc) is 2.17. The lowest BCUT2D eigenvalue weighted by atomic mass is 10.0. The molecule has 0 aliphatic carbocycles. The first-order valence-electron chi connectivity index (χ1n) is 5.23. The van der Waals surface area contributed by atoms with Crippen LogP contribution >= 0.6 is 0 Å². The van der Waals surface area contributed by atoms with Crippen LogP contribution in [0.3, 0.4) is 0 Å². The van der Waals surface area contributed by atoms with Gasteiger partial charge in [-0.25, -0.2) is 0 Å². The van der Waals surface area contributed by atoms with E-state index in [1.807, 2.05) is 6.08 Å². The second-order valence-electron chi connectivity index (χ2n) is 3.77. The smallest absolute Gasteiger partial charge is 0.160 e. The Morgan fingerprint density at radius 2 is 2.36 bits per heavy atom. The van der Waals surface area contributed by atoms with Gasteiger partial charge in [-0.1, -0.05) is 6.08 Å². The Hall–Kier alpha value is -0.380. The van der Waals surface area contributed by atoms with E-state index in [4.69, 9.17) is 9.47 Å². The fourth-order valence-electron chi connectivity index (χ4n) is 1.78. The van der Waals surface area contributed by atoms with E-state index in [-0.39, 0.29) is 18.5 Å². The number of aliphatic hydroxyl groups excluding tert-OH is 1. The number of methoxy groups -OCH3 is 1. The van der Waals surface area contributed by atoms with Crippen molar-refractivity contribution in [2.24, 2.45) is 0 Å². The normalized spacial score (nSPS) is 32.9. The first-order chi connectivity index (χ1) is 6.76. The van der Waals surface area contributed by atoms with Crippen LogP contribution in [-0.4, -0.2) is 30.7 Å². The summed E-state index contributed by atoms with van der Waals surface area (Å²) in [6.07, 6.45) is 5.92. The van der Waals surface area contributed by atoms with Crippen molar-refractivity contribution in [2.45, 2.75) is 50.6 Å². The first kappa shape index (κ1) is 11.7. The van der Waals surface area contributed by atoms with E-state index in [9.17, 15) is 5.11 Å². The van der Waals surface area contributed by atoms with E-state index in [0.29, 0.717) is 6.42 Å². The molecule has 0 unspecified atom stereocenters. The van der Waals surface area contributed by atoms with E-state index in [0.717, 1.165) is 25.7 Å². The fraction of sp³-hybridized carbons (Fsp3) is 0.818. The maximum absolute atomic E-state index is 9.56. The molecule has 0 spiro atoms. The monoisotopic (exact) mass is 200 g/mol. The van der Waals surface area contributed by atoms with E-state index < -0.39 is 0 Å². The molecule has 0 saturated carbocycles. The first-order valence-corrected chi connectivity index (χ1v) is 5.23. The van der Waals surface area contributed by atoms with Crippen LogP contribution in [0.4, 0.5) is 0 Å². The average molecular weight is 200 g/mol. The molecule has 3 heteroatoms. The van der Waals surface area contributed by atoms with Crippen LogP contribution in [0.1, 0.15) is 32.1 Å². The summed E-state index contributed by atoms with van der Waals surface area (Å²) in [5.74, 6) is 0. The van der Waals surface area contributed by atoms with Crippen molar-refractivity contribution in [1.82, 2.24) is 0 Å². The lowest BCUT2D eigenvalue weighted by Crippen LogP contribution is -2.36. The summed E-state index contributed by atoms with van der Waals surface area (Å²) in [4.78, 5) is 0. The van der Waals surface area contributed by atoms with E-state index in [1.54, 1.807) is 7.11 Å². The van der Waals surface area contributed by atoms with Crippen molar-refractivity contribution >= 4 is 0 Å². The molecule has 0 aromatic carbocycles. The Bertz CT molecular complexity index is 170. The zero-order valence-corrected chi connectivity index (χ0v) is 8.82. The summed E-state index contributed by atoms with van der Waals surface area (Å²) >= 11 is 0. The van der Waals surface area contributed by atoms with Gasteiger partial charge < -0.3 is 14.6 Å². The SMILES string of the molecule is C=CCCC[C@@H]1C[C@H](O)C[C@H](OC)O1. The minimum absolute atomic E-state index is 0.142. The number of aliphatic hydroxyl groups is 1. The Balaban J connectivity index is 2.26. The molecule has 1 heterocycles. The third-order valence-electron chi connectivity index (χ3n) is 2.54. The molecule has 1 rings (SSSR count). The third kappa shape index (κ3) is 3.78. The fourth-order valence-corrected chi connectivity index (χ4v) is 1.78. The Morgan fingerprint density at radius 1 is 1.57 bits per heavy atom. The second-order valence-corrected chi connectivity index (χ2v) is 3.77. The Kier molecular flexibility index (Phi) is 5.15. The quantitative estimate of drug-likeness (QED) is 0.544. The van der Waals surface area contributed by atoms with Gasteiger partial charge in [0, 0.05) is 13.5 Å². The van der Waals surface area contributed by atoms with Crippen LogP contribution < -0.4 is 0 Å². The third-order valence-corrected chi connectivity index (χ3v) is 2.54. The highest BCUT2D eigenvalue weighted by Crippen LogP contribution is 2.23. The van der Waals surface area contributed by atoms with Crippen molar-refractivity contribution in [3.63, 3.8) is 0 Å². The van der Waals surface area contributed by atoms with Gasteiger partial charge in [-0.15, -0.1) is 6.58 Å². The number of unbranched alkanes of at least 4 members (excludes halogenated alkanes) is 1. The summed E-state index contributed by atoms with van der Waals surface area (Å²) in [5.41, 5.74) is 0. The molecule has 1 aliphatic rings. The Morgan fingerprint density at radius 3 is 3.00 bits per heavy atom. The van der Waals surface area contributed by atoms with Crippen molar-refractivity contribution in [2.75, 3.05) is 7.11 Å². The topological polar surface area (TPSA) is 38.7 Å². The van der Waals surface area contributed by atoms with Gasteiger partial charge in [-0.2, -0.15) is 0 Å². The highest BCUT2D eigenvalue weighted by atomic mass is 16.7. The number of rotatable bonds is 5. The van der Waals surface area contributed by atoms with Crippen LogP contribution in [0.5, 0.6) is 0 Å². The highest BCUT2D eigenvalue weighted by molar-refractivity contribution is 4.75. The number of hydrogen-bond acceptors (Lipinski definition) is 3. The zero-order valence-electron chi connectivity index (χ0n) is 8.82. The van der Waals surface area contributed by atoms with Crippen LogP contribution in [-0.2, 0) is 9.47 Å². The number of hydrogen-bond donors (Lipinski definition) is 1. The van der Waals surface area contributed by atoms with Crippen molar-refractivity contribution in [3.05, 3.63) is 12.7 Å². The standard InChI is InChI=1S/C11H20O3/c1-3-4-5-6-10-7-9(12)8-11(13-2)14-10/h3,9-12H,1,4-8H2,2H3/t9-,10+,11+/m0/s1. The number of ether oxygens (including phenoxy) is 2. The molecule has 1 N–H and O–H groups in total. The van der Waals surface area contributed by atoms with Gasteiger partial charge in [0.1, 0.15) is 0 Å². The van der Waals surface area contributed by atoms with E-state index >= 15 is 0 Å². The molecule has 3 nitrogen and oxygen atoms in total. The molecule has 0 aromatic rings. The van der Waals surface area contributed by atoms with E-state index in [2.05, 4.69) is 6.58 Å². The van der Waals surface area contributed by atoms with Gasteiger partial charge in [0.05, 0.1) is 12.2 Å². The molecular weight excluding hydrogens is 180 g/mol. The molecule has 0 radical (unpaired) electrons. The molecule has 1 saturated heterocycles. The second kappa shape index (κ2) is 6.17. The number of allylic oxidation sites excluding steroid dienone is 1. The molecular formula is C11H20O3. The summed E-state index contributed by atoms with van der Waals surface area (Å²) in [6.45, 7) is 3.67. The Labute approximate surface area is 85.7 Å². The summed E-state index contributed by atoms with van der Waals surface area (Å²) in [6, 6.07) is 0. The predicted molar refractivity (Wildman–Crippen MR) is 55.0 cm³/mol. The van der Waals surface area contributed by atoms with Crippen LogP contribution in [0.15, 0.2) is 12.7 Å². The van der Waals surface area contributed by atoms with Gasteiger partial charge in [-0.05, 0) is 25.7 Å². The van der Waals surface area contributed by atoms with Gasteiger partial charge in [-0.3, -0.25) is 0 Å². The molecule has 0 amide bonds. The van der Waals surface area contributed by atoms with E-state index in [1.165, 1.54) is 0 Å². The van der Waals surface area contributed by atoms with Crippen LogP contribution in [0.2, 0.25) is 0 Å². The van der Waals surface area contributed by atoms with Gasteiger partial charge in [0.15, 0.2) is 6.29 Å². The lowest BCUT2D eigenvalue weighted by Gasteiger charge is -2.32. The van der Waals surface area contributed by atoms with Gasteiger partial charge in [0.25, 0.3) is 0 Å². The maximum atomic E-state index is 9.56. The van der Waals surface area contributed by atoms with Crippen LogP contribution in [0, 0.1) is 0 Å². The van der Waals surface area contributed by atoms with Crippen molar-refractivity contribution in [3.8, 4) is 0 Å². The van der Waals surface area contributed by atoms with Crippen LogP contribution in [0.25, 0.3) is 0 Å². The molecule has 0 aromatic heterocycles. The maximum Gasteiger partial charge on any atom is 0.160 e. The molecule has 0 bridgehead atoms. The van der Waals surface area contributed by atoms with Gasteiger partial charge in [0.2, 0.25) is 0 Å². The predicted octanol–water partition coefficient (Wildman–Crippen LogP) is 1.86. The molecule has 3 atom stereocenters. The van der Waals surface area contributed by atoms with Crippen molar-refractivity contribution < 1.29 is 14.6 Å². The summed E-state index contributed by atoms with van der Waals surface area (Å²) in [7, 11) is 1.61. The minimum atomic E-state index is -0.276. The van der Waals surface area contributed by atoms with Gasteiger partial charge >= 0.3 is 0 Å². The lowest BCUT2D eigenvalue weighted by molar-refractivity contribution is -0.204. The molecule has 14 heavy (non-hydrogen) atoms. The molecule has 82 valence electrons. The summed E-state index contributed by atoms with van der Waals surface area (Å²) < 4.78 is 10.7. The molecule has 1 aliphatic heterocycles. The largest absolute Gasteiger partial charge is 0.393 e. The summed E-state index contributed by atoms with van der Waals surface area (Å²) in [5, 5.41) is 9.56.